The molecule has 0 heterocycles. The number of hydrogen-bond donors (Lipinski definition) is 0. The molecule has 0 spiro atoms. The van der Waals surface area contributed by atoms with Crippen molar-refractivity contribution in [2.24, 2.45) is 0 Å². The van der Waals surface area contributed by atoms with Crippen LogP contribution in [0.2, 0.25) is 5.32 Å². The van der Waals surface area contributed by atoms with Crippen LogP contribution >= 0.6 is 0 Å². The van der Waals surface area contributed by atoms with Gasteiger partial charge in [-0.25, -0.2) is 0 Å². The molecule has 0 rings (SSSR count). The Labute approximate surface area is 41.8 Å². The van der Waals surface area contributed by atoms with Gasteiger partial charge in [-0.1, -0.05) is 0 Å². The topological polar surface area (TPSA) is 0 Å². The summed E-state index contributed by atoms with van der Waals surface area (Å²) >= 11 is 2.94. The second kappa shape index (κ2) is 4.52. The Morgan fingerprint density at radius 3 is 2.20 bits per heavy atom. The van der Waals surface area contributed by atoms with Gasteiger partial charge in [0.15, 0.2) is 0 Å². The van der Waals surface area contributed by atoms with Crippen LogP contribution in [0.5, 0.6) is 0 Å². The predicted octanol–water partition coefficient (Wildman–Crippen LogP) is 1.37. The molecule has 5 heavy (non-hydrogen) atoms. The van der Waals surface area contributed by atoms with Gasteiger partial charge in [0, 0.05) is 0 Å². The van der Waals surface area contributed by atoms with E-state index < -0.39 is 0 Å². The van der Waals surface area contributed by atoms with E-state index in [1.54, 1.807) is 0 Å². The molecule has 0 N–H and O–H groups in total. The second-order valence-electron chi connectivity index (χ2n) is 1.06. The molecule has 1 heteroatoms. The van der Waals surface area contributed by atoms with E-state index in [9.17, 15) is 0 Å². The van der Waals surface area contributed by atoms with Gasteiger partial charge in [-0.2, -0.15) is 0 Å². The van der Waals surface area contributed by atoms with Crippen LogP contribution in [0, 0.1) is 0 Å². The van der Waals surface area contributed by atoms with E-state index in [-0.39, 0.29) is 0 Å². The molecule has 0 saturated carbocycles. The van der Waals surface area contributed by atoms with E-state index in [1.165, 1.54) is 18.2 Å². The quantitative estimate of drug-likeness (QED) is 0.503. The Hall–Kier alpha value is 0.519. The van der Waals surface area contributed by atoms with Crippen LogP contribution in [0.15, 0.2) is 0 Å². The predicted molar refractivity (Wildman–Crippen MR) is 25.5 cm³/mol. The third kappa shape index (κ3) is 4.52. The molecule has 0 aromatic carbocycles. The molecule has 0 aliphatic rings. The van der Waals surface area contributed by atoms with E-state index in [4.69, 9.17) is 0 Å². The van der Waals surface area contributed by atoms with Crippen LogP contribution in [0.1, 0.15) is 19.8 Å². The number of unbranched alkanes of at least 4 members (excludes halogenated alkanes) is 1. The average Bonchev–Trinajstić information content (AvgIpc) is 1.41. The van der Waals surface area contributed by atoms with Crippen molar-refractivity contribution >= 4 is 16.0 Å². The minimum absolute atomic E-state index is 1.22. The molecule has 0 amide bonds. The summed E-state index contributed by atoms with van der Waals surface area (Å²) in [5.41, 5.74) is 0. The zero-order valence-electron chi connectivity index (χ0n) is 3.53. The maximum atomic E-state index is 2.94. The molecule has 2 radical (unpaired) electrons. The SMILES string of the molecule is CCCC[Se+]. The first-order valence-electron chi connectivity index (χ1n) is 2.00. The Kier molecular flexibility index (Phi) is 4.99. The Bertz CT molecular complexity index is 11.1. The first kappa shape index (κ1) is 5.52. The third-order valence-corrected chi connectivity index (χ3v) is 1.10. The zero-order chi connectivity index (χ0) is 4.12. The van der Waals surface area contributed by atoms with Gasteiger partial charge in [0.25, 0.3) is 0 Å². The van der Waals surface area contributed by atoms with Crippen molar-refractivity contribution in [1.82, 2.24) is 0 Å². The van der Waals surface area contributed by atoms with Crippen LogP contribution < -0.4 is 0 Å². The van der Waals surface area contributed by atoms with Gasteiger partial charge in [0.1, 0.15) is 0 Å². The molecule has 0 aliphatic carbocycles. The molecule has 0 atom stereocenters. The molecule has 0 aromatic rings. The van der Waals surface area contributed by atoms with Gasteiger partial charge in [0.2, 0.25) is 0 Å². The van der Waals surface area contributed by atoms with E-state index in [1.807, 2.05) is 0 Å². The molecule has 0 nitrogen and oxygen atoms in total. The molecular weight excluding hydrogens is 127 g/mol. The van der Waals surface area contributed by atoms with E-state index in [0.717, 1.165) is 0 Å². The van der Waals surface area contributed by atoms with Crippen LogP contribution in [-0.4, -0.2) is 16.0 Å². The Morgan fingerprint density at radius 2 is 2.20 bits per heavy atom. The number of hydrogen-bond acceptors (Lipinski definition) is 0. The first-order valence-corrected chi connectivity index (χ1v) is 3.21. The second-order valence-corrected chi connectivity index (χ2v) is 1.91. The van der Waals surface area contributed by atoms with Crippen molar-refractivity contribution in [2.75, 3.05) is 0 Å². The number of rotatable bonds is 2. The van der Waals surface area contributed by atoms with Crippen molar-refractivity contribution < 1.29 is 0 Å². The van der Waals surface area contributed by atoms with Gasteiger partial charge in [-0.15, -0.1) is 0 Å². The molecule has 30 valence electrons. The fraction of sp³-hybridized carbons (Fsp3) is 1.00. The van der Waals surface area contributed by atoms with E-state index in [0.29, 0.717) is 0 Å². The van der Waals surface area contributed by atoms with Gasteiger partial charge in [-0.3, -0.25) is 0 Å². The summed E-state index contributed by atoms with van der Waals surface area (Å²) in [5, 5.41) is 1.22. The summed E-state index contributed by atoms with van der Waals surface area (Å²) < 4.78 is 0. The molecule has 0 saturated heterocycles. The van der Waals surface area contributed by atoms with Crippen LogP contribution in [0.25, 0.3) is 0 Å². The van der Waals surface area contributed by atoms with Crippen molar-refractivity contribution in [3.8, 4) is 0 Å². The summed E-state index contributed by atoms with van der Waals surface area (Å²) in [4.78, 5) is 0. The molecule has 0 aromatic heterocycles. The van der Waals surface area contributed by atoms with Crippen molar-refractivity contribution in [1.29, 1.82) is 0 Å². The van der Waals surface area contributed by atoms with E-state index in [2.05, 4.69) is 22.9 Å². The fourth-order valence-electron chi connectivity index (χ4n) is 0.144. The molecule has 0 unspecified atom stereocenters. The summed E-state index contributed by atoms with van der Waals surface area (Å²) in [7, 11) is 0. The van der Waals surface area contributed by atoms with Crippen molar-refractivity contribution in [3.63, 3.8) is 0 Å². The molecule has 0 aliphatic heterocycles. The van der Waals surface area contributed by atoms with Crippen molar-refractivity contribution in [3.05, 3.63) is 0 Å². The fourth-order valence-corrected chi connectivity index (χ4v) is 0.750. The summed E-state index contributed by atoms with van der Waals surface area (Å²) in [6, 6.07) is 0. The summed E-state index contributed by atoms with van der Waals surface area (Å²) in [6.07, 6.45) is 2.65. The Balaban J connectivity index is 2.19. The van der Waals surface area contributed by atoms with Crippen LogP contribution in [-0.2, 0) is 0 Å². The average molecular weight is 136 g/mol. The van der Waals surface area contributed by atoms with E-state index >= 15 is 0 Å². The van der Waals surface area contributed by atoms with Gasteiger partial charge in [-0.05, 0) is 0 Å². The normalized spacial score (nSPS) is 8.40. The Morgan fingerprint density at radius 1 is 1.60 bits per heavy atom. The maximum absolute atomic E-state index is 2.94. The molecule has 0 fully saturated rings. The monoisotopic (exact) mass is 137 g/mol. The van der Waals surface area contributed by atoms with Gasteiger partial charge < -0.3 is 0 Å². The third-order valence-electron chi connectivity index (χ3n) is 0.498. The first-order chi connectivity index (χ1) is 2.41. The summed E-state index contributed by atoms with van der Waals surface area (Å²) in [6.45, 7) is 2.19. The van der Waals surface area contributed by atoms with Gasteiger partial charge >= 0.3 is 41.1 Å². The summed E-state index contributed by atoms with van der Waals surface area (Å²) in [5.74, 6) is 0. The molecule has 0 bridgehead atoms. The van der Waals surface area contributed by atoms with Gasteiger partial charge in [0.05, 0.1) is 0 Å². The standard InChI is InChI=1S/C4H9Se/c1-2-3-4-5/h2-4H2,1H3/q+1. The minimum atomic E-state index is 1.22. The van der Waals surface area contributed by atoms with Crippen LogP contribution in [0.4, 0.5) is 0 Å². The molecular formula is C4H9Se+. The zero-order valence-corrected chi connectivity index (χ0v) is 5.24. The van der Waals surface area contributed by atoms with Crippen molar-refractivity contribution in [2.45, 2.75) is 25.1 Å². The van der Waals surface area contributed by atoms with Crippen LogP contribution in [0.3, 0.4) is 0 Å².